The lowest BCUT2D eigenvalue weighted by atomic mass is 9.95. The zero-order valence-corrected chi connectivity index (χ0v) is 16.7. The second-order valence-corrected chi connectivity index (χ2v) is 7.29. The molecule has 1 unspecified atom stereocenters. The Morgan fingerprint density at radius 3 is 2.24 bits per heavy atom. The molecule has 0 spiro atoms. The van der Waals surface area contributed by atoms with Gasteiger partial charge in [-0.1, -0.05) is 67.6 Å². The van der Waals surface area contributed by atoms with Gasteiger partial charge in [-0.25, -0.2) is 9.97 Å². The summed E-state index contributed by atoms with van der Waals surface area (Å²) in [5.74, 6) is 1.82. The lowest BCUT2D eigenvalue weighted by Gasteiger charge is -2.37. The van der Waals surface area contributed by atoms with Gasteiger partial charge in [0, 0.05) is 37.9 Å². The van der Waals surface area contributed by atoms with Gasteiger partial charge in [-0.2, -0.15) is 0 Å². The summed E-state index contributed by atoms with van der Waals surface area (Å²) in [7, 11) is 0. The van der Waals surface area contributed by atoms with E-state index in [2.05, 4.69) is 16.8 Å². The molecule has 0 N–H and O–H groups in total. The number of anilines is 1. The Balaban J connectivity index is 1.43. The first-order valence-electron chi connectivity index (χ1n) is 10.2. The minimum absolute atomic E-state index is 0.0634. The maximum Gasteiger partial charge on any atom is 0.230 e. The van der Waals surface area contributed by atoms with Crippen LogP contribution < -0.4 is 4.90 Å². The highest BCUT2D eigenvalue weighted by molar-refractivity contribution is 5.84. The number of piperazine rings is 1. The van der Waals surface area contributed by atoms with Crippen LogP contribution in [0.15, 0.2) is 72.9 Å². The minimum Gasteiger partial charge on any atom is -0.353 e. The van der Waals surface area contributed by atoms with Gasteiger partial charge in [0.05, 0.1) is 5.92 Å². The van der Waals surface area contributed by atoms with Crippen LogP contribution in [0.1, 0.15) is 24.8 Å². The number of amides is 1. The number of nitrogens with zero attached hydrogens (tertiary/aromatic N) is 4. The molecule has 1 fully saturated rings. The Bertz CT molecular complexity index is 937. The van der Waals surface area contributed by atoms with Gasteiger partial charge < -0.3 is 9.80 Å². The molecule has 4 rings (SSSR count). The SMILES string of the molecule is CCC(C(=O)N1CCN(c2ccnc(-c3ccccc3)n2)CC1)c1ccccc1. The number of hydrogen-bond donors (Lipinski definition) is 0. The van der Waals surface area contributed by atoms with Crippen LogP contribution in [-0.4, -0.2) is 47.0 Å². The molecule has 2 heterocycles. The number of carbonyl (C=O) groups is 1. The molecule has 0 bridgehead atoms. The Kier molecular flexibility index (Phi) is 5.84. The van der Waals surface area contributed by atoms with Crippen molar-refractivity contribution in [2.45, 2.75) is 19.3 Å². The summed E-state index contributed by atoms with van der Waals surface area (Å²) in [6, 6.07) is 22.1. The highest BCUT2D eigenvalue weighted by Crippen LogP contribution is 2.24. The third kappa shape index (κ3) is 4.29. The molecule has 1 aliphatic rings. The molecular formula is C24H26N4O. The van der Waals surface area contributed by atoms with Gasteiger partial charge in [0.15, 0.2) is 5.82 Å². The first kappa shape index (κ1) is 19.1. The summed E-state index contributed by atoms with van der Waals surface area (Å²) in [6.45, 7) is 5.07. The normalized spacial score (nSPS) is 15.2. The van der Waals surface area contributed by atoms with Gasteiger partial charge in [-0.15, -0.1) is 0 Å². The smallest absolute Gasteiger partial charge is 0.230 e. The fraction of sp³-hybridized carbons (Fsp3) is 0.292. The van der Waals surface area contributed by atoms with E-state index in [9.17, 15) is 4.79 Å². The fourth-order valence-corrected chi connectivity index (χ4v) is 3.87. The Morgan fingerprint density at radius 2 is 1.59 bits per heavy atom. The number of carbonyl (C=O) groups excluding carboxylic acids is 1. The molecule has 1 amide bonds. The highest BCUT2D eigenvalue weighted by Gasteiger charge is 2.28. The molecule has 148 valence electrons. The van der Waals surface area contributed by atoms with Crippen molar-refractivity contribution >= 4 is 11.7 Å². The molecule has 1 saturated heterocycles. The van der Waals surface area contributed by atoms with Crippen molar-refractivity contribution in [2.24, 2.45) is 0 Å². The van der Waals surface area contributed by atoms with E-state index >= 15 is 0 Å². The maximum atomic E-state index is 13.1. The van der Waals surface area contributed by atoms with Crippen molar-refractivity contribution in [3.8, 4) is 11.4 Å². The molecule has 5 heteroatoms. The molecule has 29 heavy (non-hydrogen) atoms. The zero-order valence-electron chi connectivity index (χ0n) is 16.7. The van der Waals surface area contributed by atoms with Gasteiger partial charge in [0.2, 0.25) is 5.91 Å². The van der Waals surface area contributed by atoms with Crippen LogP contribution in [-0.2, 0) is 4.79 Å². The summed E-state index contributed by atoms with van der Waals surface area (Å²) in [6.07, 6.45) is 2.63. The van der Waals surface area contributed by atoms with E-state index in [-0.39, 0.29) is 11.8 Å². The lowest BCUT2D eigenvalue weighted by molar-refractivity contribution is -0.133. The Labute approximate surface area is 172 Å². The van der Waals surface area contributed by atoms with E-state index < -0.39 is 0 Å². The van der Waals surface area contributed by atoms with E-state index in [4.69, 9.17) is 4.98 Å². The standard InChI is InChI=1S/C24H26N4O/c1-2-21(19-9-5-3-6-10-19)24(29)28-17-15-27(16-18-28)22-13-14-25-23(26-22)20-11-7-4-8-12-20/h3-14,21H,2,15-18H2,1H3. The predicted octanol–water partition coefficient (Wildman–Crippen LogP) is 3.99. The summed E-state index contributed by atoms with van der Waals surface area (Å²) < 4.78 is 0. The first-order chi connectivity index (χ1) is 14.3. The molecule has 0 aliphatic carbocycles. The molecule has 0 saturated carbocycles. The van der Waals surface area contributed by atoms with Crippen LogP contribution in [0.2, 0.25) is 0 Å². The van der Waals surface area contributed by atoms with E-state index in [0.29, 0.717) is 13.1 Å². The van der Waals surface area contributed by atoms with Crippen molar-refractivity contribution in [1.29, 1.82) is 0 Å². The van der Waals surface area contributed by atoms with Crippen LogP contribution >= 0.6 is 0 Å². The van der Waals surface area contributed by atoms with Crippen molar-refractivity contribution < 1.29 is 4.79 Å². The van der Waals surface area contributed by atoms with Crippen molar-refractivity contribution in [3.63, 3.8) is 0 Å². The van der Waals surface area contributed by atoms with Gasteiger partial charge >= 0.3 is 0 Å². The predicted molar refractivity (Wildman–Crippen MR) is 116 cm³/mol. The summed E-state index contributed by atoms with van der Waals surface area (Å²) >= 11 is 0. The molecule has 0 radical (unpaired) electrons. The molecule has 2 aromatic carbocycles. The molecule has 5 nitrogen and oxygen atoms in total. The summed E-state index contributed by atoms with van der Waals surface area (Å²) in [5, 5.41) is 0. The van der Waals surface area contributed by atoms with E-state index in [1.807, 2.05) is 77.8 Å². The second kappa shape index (κ2) is 8.86. The van der Waals surface area contributed by atoms with E-state index in [1.165, 1.54) is 0 Å². The van der Waals surface area contributed by atoms with Crippen LogP contribution in [0.4, 0.5) is 5.82 Å². The largest absolute Gasteiger partial charge is 0.353 e. The number of aromatic nitrogens is 2. The summed E-state index contributed by atoms with van der Waals surface area (Å²) in [5.41, 5.74) is 2.11. The molecule has 1 aromatic heterocycles. The molecule has 3 aromatic rings. The second-order valence-electron chi connectivity index (χ2n) is 7.29. The van der Waals surface area contributed by atoms with E-state index in [0.717, 1.165) is 42.3 Å². The van der Waals surface area contributed by atoms with Gasteiger partial charge in [-0.3, -0.25) is 4.79 Å². The molecule has 1 aliphatic heterocycles. The quantitative estimate of drug-likeness (QED) is 0.665. The van der Waals surface area contributed by atoms with Crippen LogP contribution in [0.25, 0.3) is 11.4 Å². The minimum atomic E-state index is -0.0634. The topological polar surface area (TPSA) is 49.3 Å². The van der Waals surface area contributed by atoms with Crippen molar-refractivity contribution in [2.75, 3.05) is 31.1 Å². The zero-order chi connectivity index (χ0) is 20.1. The third-order valence-electron chi connectivity index (χ3n) is 5.50. The Hall–Kier alpha value is -3.21. The third-order valence-corrected chi connectivity index (χ3v) is 5.50. The average molecular weight is 386 g/mol. The first-order valence-corrected chi connectivity index (χ1v) is 10.2. The van der Waals surface area contributed by atoms with Crippen molar-refractivity contribution in [3.05, 3.63) is 78.5 Å². The van der Waals surface area contributed by atoms with Gasteiger partial charge in [0.25, 0.3) is 0 Å². The monoisotopic (exact) mass is 386 g/mol. The number of hydrogen-bond acceptors (Lipinski definition) is 4. The van der Waals surface area contributed by atoms with Crippen LogP contribution in [0.5, 0.6) is 0 Å². The van der Waals surface area contributed by atoms with Crippen LogP contribution in [0.3, 0.4) is 0 Å². The average Bonchev–Trinajstić information content (AvgIpc) is 2.81. The summed E-state index contributed by atoms with van der Waals surface area (Å²) in [4.78, 5) is 26.5. The highest BCUT2D eigenvalue weighted by atomic mass is 16.2. The van der Waals surface area contributed by atoms with Crippen LogP contribution in [0, 0.1) is 0 Å². The molecule has 1 atom stereocenters. The van der Waals surface area contributed by atoms with Crippen molar-refractivity contribution in [1.82, 2.24) is 14.9 Å². The number of benzene rings is 2. The van der Waals surface area contributed by atoms with Gasteiger partial charge in [0.1, 0.15) is 5.82 Å². The lowest BCUT2D eigenvalue weighted by Crippen LogP contribution is -2.50. The number of rotatable bonds is 5. The van der Waals surface area contributed by atoms with E-state index in [1.54, 1.807) is 0 Å². The van der Waals surface area contributed by atoms with Gasteiger partial charge in [-0.05, 0) is 18.1 Å². The molecular weight excluding hydrogens is 360 g/mol. The Morgan fingerprint density at radius 1 is 0.931 bits per heavy atom. The fourth-order valence-electron chi connectivity index (χ4n) is 3.87. The maximum absolute atomic E-state index is 13.1.